The van der Waals surface area contributed by atoms with Crippen molar-refractivity contribution in [3.63, 3.8) is 0 Å². The van der Waals surface area contributed by atoms with Gasteiger partial charge in [0.05, 0.1) is 6.04 Å². The maximum Gasteiger partial charge on any atom is 0.159 e. The highest BCUT2D eigenvalue weighted by Gasteiger charge is 2.15. The predicted octanol–water partition coefficient (Wildman–Crippen LogP) is 2.58. The summed E-state index contributed by atoms with van der Waals surface area (Å²) >= 11 is 0. The summed E-state index contributed by atoms with van der Waals surface area (Å²) in [5.41, 5.74) is 5.10. The second-order valence-corrected chi connectivity index (χ2v) is 4.76. The van der Waals surface area contributed by atoms with Crippen LogP contribution in [0.5, 0.6) is 0 Å². The number of halogens is 2. The number of hydrazine groups is 1. The van der Waals surface area contributed by atoms with E-state index in [1.165, 1.54) is 6.07 Å². The van der Waals surface area contributed by atoms with Crippen LogP contribution in [0.2, 0.25) is 0 Å². The maximum absolute atomic E-state index is 13.3. The van der Waals surface area contributed by atoms with Gasteiger partial charge in [-0.2, -0.15) is 0 Å². The molecule has 0 aromatic heterocycles. The fourth-order valence-corrected chi connectivity index (χ4v) is 2.06. The highest BCUT2D eigenvalue weighted by atomic mass is 19.2. The van der Waals surface area contributed by atoms with Crippen LogP contribution in [0.15, 0.2) is 42.5 Å². The quantitative estimate of drug-likeness (QED) is 0.666. The Bertz CT molecular complexity index is 599. The van der Waals surface area contributed by atoms with E-state index in [0.717, 1.165) is 23.4 Å². The number of nitrogens with one attached hydrogen (secondary N) is 1. The Hall–Kier alpha value is -1.98. The molecular formula is C15H17F2N3. The van der Waals surface area contributed by atoms with Gasteiger partial charge < -0.3 is 4.90 Å². The first-order valence-electron chi connectivity index (χ1n) is 6.21. The van der Waals surface area contributed by atoms with Crippen molar-refractivity contribution in [2.75, 3.05) is 19.0 Å². The van der Waals surface area contributed by atoms with Gasteiger partial charge in [0.15, 0.2) is 11.6 Å². The summed E-state index contributed by atoms with van der Waals surface area (Å²) in [7, 11) is 3.86. The summed E-state index contributed by atoms with van der Waals surface area (Å²) in [5, 5.41) is 0. The van der Waals surface area contributed by atoms with Gasteiger partial charge in [-0.25, -0.2) is 14.2 Å². The van der Waals surface area contributed by atoms with Crippen molar-refractivity contribution in [3.05, 3.63) is 65.2 Å². The Morgan fingerprint density at radius 3 is 2.30 bits per heavy atom. The monoisotopic (exact) mass is 277 g/mol. The van der Waals surface area contributed by atoms with E-state index in [0.29, 0.717) is 5.56 Å². The fourth-order valence-electron chi connectivity index (χ4n) is 2.06. The molecule has 0 aliphatic carbocycles. The Morgan fingerprint density at radius 1 is 1.00 bits per heavy atom. The van der Waals surface area contributed by atoms with Gasteiger partial charge in [-0.05, 0) is 35.4 Å². The minimum absolute atomic E-state index is 0.398. The molecule has 0 aliphatic heterocycles. The molecule has 2 aromatic carbocycles. The number of hydrogen-bond donors (Lipinski definition) is 2. The minimum Gasteiger partial charge on any atom is -0.378 e. The highest BCUT2D eigenvalue weighted by molar-refractivity contribution is 5.49. The van der Waals surface area contributed by atoms with Crippen molar-refractivity contribution >= 4 is 5.69 Å². The first-order chi connectivity index (χ1) is 9.52. The molecular weight excluding hydrogens is 260 g/mol. The molecule has 2 rings (SSSR count). The van der Waals surface area contributed by atoms with Gasteiger partial charge in [-0.3, -0.25) is 5.84 Å². The van der Waals surface area contributed by atoms with Crippen LogP contribution >= 0.6 is 0 Å². The van der Waals surface area contributed by atoms with Crippen LogP contribution in [0.25, 0.3) is 0 Å². The zero-order valence-electron chi connectivity index (χ0n) is 11.4. The van der Waals surface area contributed by atoms with Gasteiger partial charge in [-0.15, -0.1) is 0 Å². The van der Waals surface area contributed by atoms with Crippen LogP contribution in [-0.2, 0) is 0 Å². The van der Waals surface area contributed by atoms with Crippen molar-refractivity contribution in [2.45, 2.75) is 6.04 Å². The number of rotatable bonds is 4. The summed E-state index contributed by atoms with van der Waals surface area (Å²) in [6, 6.07) is 11.1. The Morgan fingerprint density at radius 2 is 1.70 bits per heavy atom. The van der Waals surface area contributed by atoms with Crippen LogP contribution in [0.4, 0.5) is 14.5 Å². The summed E-state index contributed by atoms with van der Waals surface area (Å²) in [6.07, 6.45) is 0. The van der Waals surface area contributed by atoms with Crippen LogP contribution < -0.4 is 16.2 Å². The van der Waals surface area contributed by atoms with Gasteiger partial charge in [0, 0.05) is 19.8 Å². The van der Waals surface area contributed by atoms with Crippen LogP contribution in [0, 0.1) is 11.6 Å². The molecule has 1 atom stereocenters. The third-order valence-electron chi connectivity index (χ3n) is 3.16. The van der Waals surface area contributed by atoms with E-state index in [-0.39, 0.29) is 0 Å². The van der Waals surface area contributed by atoms with E-state index in [1.807, 2.05) is 43.3 Å². The number of hydrogen-bond acceptors (Lipinski definition) is 3. The fraction of sp³-hybridized carbons (Fsp3) is 0.200. The lowest BCUT2D eigenvalue weighted by molar-refractivity contribution is 0.504. The lowest BCUT2D eigenvalue weighted by Crippen LogP contribution is -2.29. The Balaban J connectivity index is 2.41. The van der Waals surface area contributed by atoms with Crippen molar-refractivity contribution in [1.82, 2.24) is 5.43 Å². The van der Waals surface area contributed by atoms with Crippen molar-refractivity contribution < 1.29 is 8.78 Å². The molecule has 0 spiro atoms. The molecule has 2 aromatic rings. The smallest absolute Gasteiger partial charge is 0.159 e. The normalized spacial score (nSPS) is 12.2. The molecule has 20 heavy (non-hydrogen) atoms. The van der Waals surface area contributed by atoms with E-state index in [2.05, 4.69) is 5.43 Å². The molecule has 106 valence electrons. The Kier molecular flexibility index (Phi) is 4.32. The third kappa shape index (κ3) is 2.95. The highest BCUT2D eigenvalue weighted by Crippen LogP contribution is 2.25. The average molecular weight is 277 g/mol. The molecule has 0 bridgehead atoms. The molecule has 3 nitrogen and oxygen atoms in total. The molecule has 0 amide bonds. The topological polar surface area (TPSA) is 41.3 Å². The second kappa shape index (κ2) is 5.98. The van der Waals surface area contributed by atoms with Crippen LogP contribution in [0.1, 0.15) is 17.2 Å². The zero-order valence-corrected chi connectivity index (χ0v) is 11.4. The molecule has 3 N–H and O–H groups in total. The lowest BCUT2D eigenvalue weighted by Gasteiger charge is -2.20. The van der Waals surface area contributed by atoms with Crippen molar-refractivity contribution in [3.8, 4) is 0 Å². The van der Waals surface area contributed by atoms with Gasteiger partial charge in [0.25, 0.3) is 0 Å². The summed E-state index contributed by atoms with van der Waals surface area (Å²) < 4.78 is 26.4. The molecule has 5 heteroatoms. The summed E-state index contributed by atoms with van der Waals surface area (Å²) in [6.45, 7) is 0. The van der Waals surface area contributed by atoms with E-state index < -0.39 is 17.7 Å². The number of anilines is 1. The molecule has 0 heterocycles. The minimum atomic E-state index is -0.883. The van der Waals surface area contributed by atoms with E-state index >= 15 is 0 Å². The van der Waals surface area contributed by atoms with Gasteiger partial charge in [0.1, 0.15) is 0 Å². The molecule has 0 saturated heterocycles. The average Bonchev–Trinajstić information content (AvgIpc) is 2.44. The lowest BCUT2D eigenvalue weighted by atomic mass is 9.98. The standard InChI is InChI=1S/C15H17F2N3/c1-20(2)12-5-3-4-10(8-12)15(19-18)11-6-7-13(16)14(17)9-11/h3-9,15,19H,18H2,1-2H3. The summed E-state index contributed by atoms with van der Waals surface area (Å²) in [4.78, 5) is 1.96. The molecule has 1 unspecified atom stereocenters. The molecule has 0 fully saturated rings. The van der Waals surface area contributed by atoms with E-state index in [4.69, 9.17) is 5.84 Å². The van der Waals surface area contributed by atoms with E-state index in [9.17, 15) is 8.78 Å². The molecule has 0 aliphatic rings. The van der Waals surface area contributed by atoms with Crippen molar-refractivity contribution in [1.29, 1.82) is 0 Å². The number of benzene rings is 2. The maximum atomic E-state index is 13.3. The van der Waals surface area contributed by atoms with Crippen molar-refractivity contribution in [2.24, 2.45) is 5.84 Å². The molecule has 0 radical (unpaired) electrons. The Labute approximate surface area is 117 Å². The molecule has 0 saturated carbocycles. The van der Waals surface area contributed by atoms with Crippen LogP contribution in [0.3, 0.4) is 0 Å². The van der Waals surface area contributed by atoms with Gasteiger partial charge in [0.2, 0.25) is 0 Å². The zero-order chi connectivity index (χ0) is 14.7. The first kappa shape index (κ1) is 14.4. The van der Waals surface area contributed by atoms with Gasteiger partial charge in [-0.1, -0.05) is 18.2 Å². The number of nitrogens with two attached hydrogens (primary N) is 1. The second-order valence-electron chi connectivity index (χ2n) is 4.76. The predicted molar refractivity (Wildman–Crippen MR) is 76.3 cm³/mol. The SMILES string of the molecule is CN(C)c1cccc(C(NN)c2ccc(F)c(F)c2)c1. The van der Waals surface area contributed by atoms with Gasteiger partial charge >= 0.3 is 0 Å². The summed E-state index contributed by atoms with van der Waals surface area (Å²) in [5.74, 6) is 3.82. The first-order valence-corrected chi connectivity index (χ1v) is 6.21. The third-order valence-corrected chi connectivity index (χ3v) is 3.16. The largest absolute Gasteiger partial charge is 0.378 e. The van der Waals surface area contributed by atoms with Crippen LogP contribution in [-0.4, -0.2) is 14.1 Å². The van der Waals surface area contributed by atoms with E-state index in [1.54, 1.807) is 0 Å². The number of nitrogens with zero attached hydrogens (tertiary/aromatic N) is 1.